The van der Waals surface area contributed by atoms with Crippen molar-refractivity contribution in [3.63, 3.8) is 0 Å². The summed E-state index contributed by atoms with van der Waals surface area (Å²) in [5.74, 6) is 0.0778. The van der Waals surface area contributed by atoms with Crippen LogP contribution in [0.3, 0.4) is 0 Å². The normalized spacial score (nSPS) is 19.9. The Morgan fingerprint density at radius 1 is 1.17 bits per heavy atom. The van der Waals surface area contributed by atoms with Gasteiger partial charge in [-0.3, -0.25) is 9.97 Å². The van der Waals surface area contributed by atoms with Gasteiger partial charge in [-0.2, -0.15) is 5.26 Å². The molecule has 2 aromatic heterocycles. The molecule has 1 aromatic carbocycles. The fourth-order valence-electron chi connectivity index (χ4n) is 4.76. The second-order valence-electron chi connectivity index (χ2n) is 8.66. The lowest BCUT2D eigenvalue weighted by atomic mass is 9.96. The molecule has 5 rings (SSSR count). The molecule has 7 nitrogen and oxygen atoms in total. The van der Waals surface area contributed by atoms with Gasteiger partial charge in [0.05, 0.1) is 31.1 Å². The fraction of sp³-hybridized carbons (Fsp3) is 0.296. The van der Waals surface area contributed by atoms with E-state index in [1.807, 2.05) is 18.2 Å². The SMILES string of the molecule is COc1cc(F)cc(-c2cncc(/C=C/c3cncc(C#N)c3)c2N2CCC3NCCO[C@H]3C2)c1. The maximum absolute atomic E-state index is 14.4. The minimum absolute atomic E-state index is 0.0777. The van der Waals surface area contributed by atoms with Gasteiger partial charge in [0.1, 0.15) is 17.6 Å². The number of aromatic nitrogens is 2. The summed E-state index contributed by atoms with van der Waals surface area (Å²) in [5, 5.41) is 12.8. The second-order valence-corrected chi connectivity index (χ2v) is 8.66. The standard InChI is InChI=1S/C27H26FN5O2/c1-34-23-10-21(9-22(28)11-23)24-16-31-15-20(3-2-18-8-19(12-29)14-30-13-18)27(24)33-6-4-25-26(17-33)35-7-5-32-25/h2-3,8-11,13-16,25-26,32H,4-7,17H2,1H3/b3-2+/t25?,26-/m0/s1. The highest BCUT2D eigenvalue weighted by Crippen LogP contribution is 2.38. The molecular formula is C27H26FN5O2. The van der Waals surface area contributed by atoms with Gasteiger partial charge in [-0.15, -0.1) is 0 Å². The third-order valence-corrected chi connectivity index (χ3v) is 6.42. The quantitative estimate of drug-likeness (QED) is 0.604. The average molecular weight is 472 g/mol. The maximum Gasteiger partial charge on any atom is 0.127 e. The Morgan fingerprint density at radius 2 is 2.06 bits per heavy atom. The van der Waals surface area contributed by atoms with Crippen molar-refractivity contribution >= 4 is 17.8 Å². The Labute approximate surface area is 203 Å². The highest BCUT2D eigenvalue weighted by molar-refractivity contribution is 5.87. The van der Waals surface area contributed by atoms with Crippen LogP contribution in [0.4, 0.5) is 10.1 Å². The first-order valence-corrected chi connectivity index (χ1v) is 11.6. The number of nitrogens with zero attached hydrogens (tertiary/aromatic N) is 4. The first-order chi connectivity index (χ1) is 17.1. The molecule has 178 valence electrons. The Hall–Kier alpha value is -3.80. The molecule has 0 bridgehead atoms. The lowest BCUT2D eigenvalue weighted by molar-refractivity contribution is -0.00901. The zero-order valence-corrected chi connectivity index (χ0v) is 19.4. The Kier molecular flexibility index (Phi) is 6.70. The summed E-state index contributed by atoms with van der Waals surface area (Å²) >= 11 is 0. The Bertz CT molecular complexity index is 1290. The highest BCUT2D eigenvalue weighted by Gasteiger charge is 2.33. The van der Waals surface area contributed by atoms with Gasteiger partial charge in [-0.1, -0.05) is 12.2 Å². The Balaban J connectivity index is 1.59. The van der Waals surface area contributed by atoms with Gasteiger partial charge >= 0.3 is 0 Å². The monoisotopic (exact) mass is 471 g/mol. The number of anilines is 1. The summed E-state index contributed by atoms with van der Waals surface area (Å²) in [6.45, 7) is 3.10. The maximum atomic E-state index is 14.4. The number of pyridine rings is 2. The molecule has 3 aromatic rings. The van der Waals surface area contributed by atoms with E-state index in [0.717, 1.165) is 41.9 Å². The molecule has 0 aliphatic carbocycles. The molecule has 0 saturated carbocycles. The number of methoxy groups -OCH3 is 1. The van der Waals surface area contributed by atoms with Crippen LogP contribution in [0.2, 0.25) is 0 Å². The number of nitrogens with one attached hydrogen (secondary N) is 1. The third kappa shape index (κ3) is 5.02. The fourth-order valence-corrected chi connectivity index (χ4v) is 4.76. The van der Waals surface area contributed by atoms with E-state index in [0.29, 0.717) is 36.1 Å². The van der Waals surface area contributed by atoms with Crippen molar-refractivity contribution in [1.82, 2.24) is 15.3 Å². The molecule has 2 aliphatic heterocycles. The molecule has 1 N–H and O–H groups in total. The van der Waals surface area contributed by atoms with E-state index in [-0.39, 0.29) is 11.9 Å². The van der Waals surface area contributed by atoms with Crippen molar-refractivity contribution in [3.05, 3.63) is 71.6 Å². The molecule has 2 atom stereocenters. The number of morpholine rings is 1. The van der Waals surface area contributed by atoms with Crippen molar-refractivity contribution in [2.24, 2.45) is 0 Å². The Morgan fingerprint density at radius 3 is 2.91 bits per heavy atom. The van der Waals surface area contributed by atoms with Crippen LogP contribution in [-0.2, 0) is 4.74 Å². The average Bonchev–Trinajstić information content (AvgIpc) is 2.91. The second kappa shape index (κ2) is 10.2. The lowest BCUT2D eigenvalue weighted by Gasteiger charge is -2.43. The predicted molar refractivity (Wildman–Crippen MR) is 132 cm³/mol. The molecule has 35 heavy (non-hydrogen) atoms. The van der Waals surface area contributed by atoms with Crippen LogP contribution in [0.15, 0.2) is 49.1 Å². The third-order valence-electron chi connectivity index (χ3n) is 6.42. The van der Waals surface area contributed by atoms with Crippen molar-refractivity contribution in [2.75, 3.05) is 38.3 Å². The van der Waals surface area contributed by atoms with Crippen LogP contribution < -0.4 is 15.0 Å². The number of fused-ring (bicyclic) bond motifs is 1. The largest absolute Gasteiger partial charge is 0.497 e. The van der Waals surface area contributed by atoms with Crippen molar-refractivity contribution < 1.29 is 13.9 Å². The summed E-state index contributed by atoms with van der Waals surface area (Å²) in [5.41, 5.74) is 4.66. The summed E-state index contributed by atoms with van der Waals surface area (Å²) < 4.78 is 25.8. The van der Waals surface area contributed by atoms with Gasteiger partial charge in [0.15, 0.2) is 0 Å². The van der Waals surface area contributed by atoms with Crippen LogP contribution in [0.25, 0.3) is 23.3 Å². The molecule has 2 fully saturated rings. The molecule has 0 radical (unpaired) electrons. The van der Waals surface area contributed by atoms with Gasteiger partial charge in [0, 0.05) is 67.7 Å². The van der Waals surface area contributed by atoms with Crippen LogP contribution in [0.1, 0.15) is 23.1 Å². The topological polar surface area (TPSA) is 83.3 Å². The summed E-state index contributed by atoms with van der Waals surface area (Å²) in [7, 11) is 1.53. The predicted octanol–water partition coefficient (Wildman–Crippen LogP) is 3.90. The number of benzene rings is 1. The summed E-state index contributed by atoms with van der Waals surface area (Å²) in [4.78, 5) is 10.9. The van der Waals surface area contributed by atoms with Gasteiger partial charge in [-0.25, -0.2) is 4.39 Å². The van der Waals surface area contributed by atoms with E-state index in [2.05, 4.69) is 26.3 Å². The van der Waals surface area contributed by atoms with E-state index in [1.54, 1.807) is 24.7 Å². The lowest BCUT2D eigenvalue weighted by Crippen LogP contribution is -2.58. The van der Waals surface area contributed by atoms with Crippen molar-refractivity contribution in [1.29, 1.82) is 5.26 Å². The van der Waals surface area contributed by atoms with E-state index >= 15 is 0 Å². The molecular weight excluding hydrogens is 445 g/mol. The minimum atomic E-state index is -0.371. The molecule has 0 spiro atoms. The van der Waals surface area contributed by atoms with Crippen LogP contribution >= 0.6 is 0 Å². The number of halogens is 1. The van der Waals surface area contributed by atoms with Gasteiger partial charge in [-0.05, 0) is 35.7 Å². The number of ether oxygens (including phenoxy) is 2. The molecule has 2 aliphatic rings. The first-order valence-electron chi connectivity index (χ1n) is 11.6. The van der Waals surface area contributed by atoms with Crippen LogP contribution in [0, 0.1) is 17.1 Å². The number of piperidine rings is 1. The first kappa shape index (κ1) is 23.0. The highest BCUT2D eigenvalue weighted by atomic mass is 19.1. The molecule has 2 saturated heterocycles. The van der Waals surface area contributed by atoms with E-state index in [4.69, 9.17) is 9.47 Å². The van der Waals surface area contributed by atoms with E-state index < -0.39 is 0 Å². The summed E-state index contributed by atoms with van der Waals surface area (Å²) in [6, 6.07) is 8.92. The molecule has 1 unspecified atom stereocenters. The number of hydrogen-bond donors (Lipinski definition) is 1. The molecule has 8 heteroatoms. The smallest absolute Gasteiger partial charge is 0.127 e. The zero-order valence-electron chi connectivity index (χ0n) is 19.4. The number of nitriles is 1. The zero-order chi connectivity index (χ0) is 24.2. The van der Waals surface area contributed by atoms with Gasteiger partial charge < -0.3 is 19.7 Å². The van der Waals surface area contributed by atoms with Gasteiger partial charge in [0.2, 0.25) is 0 Å². The van der Waals surface area contributed by atoms with E-state index in [1.165, 1.54) is 25.4 Å². The van der Waals surface area contributed by atoms with Gasteiger partial charge in [0.25, 0.3) is 0 Å². The van der Waals surface area contributed by atoms with Crippen molar-refractivity contribution in [3.8, 4) is 22.9 Å². The van der Waals surface area contributed by atoms with Crippen LogP contribution in [0.5, 0.6) is 5.75 Å². The summed E-state index contributed by atoms with van der Waals surface area (Å²) in [6.07, 6.45) is 11.7. The van der Waals surface area contributed by atoms with E-state index in [9.17, 15) is 9.65 Å². The number of rotatable bonds is 5. The number of hydrogen-bond acceptors (Lipinski definition) is 7. The molecule has 4 heterocycles. The van der Waals surface area contributed by atoms with Crippen molar-refractivity contribution in [2.45, 2.75) is 18.6 Å². The molecule has 0 amide bonds. The minimum Gasteiger partial charge on any atom is -0.497 e. The van der Waals surface area contributed by atoms with Crippen LogP contribution in [-0.4, -0.2) is 55.5 Å².